The Labute approximate surface area is 95.9 Å². The first kappa shape index (κ1) is 14.3. The molecule has 0 aliphatic heterocycles. The van der Waals surface area contributed by atoms with Crippen LogP contribution in [0.2, 0.25) is 5.28 Å². The number of aliphatic carboxylic acids is 1. The van der Waals surface area contributed by atoms with Crippen molar-refractivity contribution in [3.8, 4) is 0 Å². The molecule has 0 fully saturated rings. The zero-order chi connectivity index (χ0) is 11.5. The topological polar surface area (TPSA) is 74.6 Å². The third-order valence-electron chi connectivity index (χ3n) is 1.54. The van der Waals surface area contributed by atoms with E-state index in [1.807, 2.05) is 18.2 Å². The van der Waals surface area contributed by atoms with Crippen LogP contribution in [0.4, 0.5) is 0 Å². The van der Waals surface area contributed by atoms with Gasteiger partial charge in [0.15, 0.2) is 0 Å². The monoisotopic (exact) mass is 241 g/mol. The highest BCUT2D eigenvalue weighted by atomic mass is 31.1. The van der Waals surface area contributed by atoms with Crippen molar-refractivity contribution in [3.63, 3.8) is 0 Å². The second-order valence-corrected chi connectivity index (χ2v) is 4.44. The third kappa shape index (κ3) is 9.58. The Hall–Kier alpha value is -0.718. The van der Waals surface area contributed by atoms with Crippen LogP contribution in [0, 0.1) is 0 Å². The minimum Gasteiger partial charge on any atom is -0.481 e. The van der Waals surface area contributed by atoms with Crippen LogP contribution in [0.5, 0.6) is 0 Å². The summed E-state index contributed by atoms with van der Waals surface area (Å²) < 4.78 is 9.75. The van der Waals surface area contributed by atoms with Gasteiger partial charge in [0.1, 0.15) is 0 Å². The number of carboxylic acid groups (broad SMARTS) is 1. The Balaban J connectivity index is 0.000000583. The van der Waals surface area contributed by atoms with E-state index in [1.165, 1.54) is 4.43 Å². The molecule has 0 unspecified atom stereocenters. The molecule has 0 saturated heterocycles. The quantitative estimate of drug-likeness (QED) is 0.611. The lowest BCUT2D eigenvalue weighted by Crippen LogP contribution is -2.13. The minimum absolute atomic E-state index is 0.141. The number of rotatable bonds is 4. The molecule has 0 bridgehead atoms. The van der Waals surface area contributed by atoms with Crippen LogP contribution in [-0.2, 0) is 9.36 Å². The van der Waals surface area contributed by atoms with Gasteiger partial charge in [0, 0.05) is 6.42 Å². The normalized spacial score (nSPS) is 8.87. The molecule has 0 atom stereocenters. The molecule has 0 saturated carbocycles. The molecule has 15 heavy (non-hydrogen) atoms. The van der Waals surface area contributed by atoms with E-state index in [0.29, 0.717) is 6.42 Å². The van der Waals surface area contributed by atoms with E-state index < -0.39 is 14.7 Å². The summed E-state index contributed by atoms with van der Waals surface area (Å²) in [5.41, 5.74) is 0. The van der Waals surface area contributed by atoms with Gasteiger partial charge in [0.05, 0.1) is 0 Å². The van der Waals surface area contributed by atoms with Crippen molar-refractivity contribution in [3.05, 3.63) is 30.3 Å². The smallest absolute Gasteiger partial charge is 0.324 e. The highest BCUT2D eigenvalue weighted by Crippen LogP contribution is 1.89. The third-order valence-corrected chi connectivity index (χ3v) is 2.97. The Morgan fingerprint density at radius 1 is 1.33 bits per heavy atom. The average Bonchev–Trinajstić information content (AvgIpc) is 2.20. The molecule has 0 heterocycles. The van der Waals surface area contributed by atoms with E-state index in [1.54, 1.807) is 0 Å². The summed E-state index contributed by atoms with van der Waals surface area (Å²) in [5, 5.41) is 9.21. The van der Waals surface area contributed by atoms with E-state index in [2.05, 4.69) is 12.1 Å². The molecule has 4 nitrogen and oxygen atoms in total. The number of carbonyl (C=O) groups is 1. The Morgan fingerprint density at radius 3 is 2.33 bits per heavy atom. The van der Waals surface area contributed by atoms with Gasteiger partial charge in [0.25, 0.3) is 15.2 Å². The van der Waals surface area contributed by atoms with Crippen molar-refractivity contribution in [2.24, 2.45) is 0 Å². The molecule has 2 N–H and O–H groups in total. The summed E-state index contributed by atoms with van der Waals surface area (Å²) in [6.07, 6.45) is 0.296. The number of benzene rings is 1. The van der Waals surface area contributed by atoms with Gasteiger partial charge in [0.2, 0.25) is 0 Å². The highest BCUT2D eigenvalue weighted by molar-refractivity contribution is 7.16. The Bertz CT molecular complexity index is 291. The minimum atomic E-state index is -0.833. The fourth-order valence-electron chi connectivity index (χ4n) is 0.951. The summed E-state index contributed by atoms with van der Waals surface area (Å²) in [6.45, 7) is 0. The molecule has 1 aromatic rings. The van der Waals surface area contributed by atoms with Gasteiger partial charge in [-0.3, -0.25) is 4.79 Å². The van der Waals surface area contributed by atoms with E-state index >= 15 is 0 Å². The van der Waals surface area contributed by atoms with Crippen LogP contribution >= 0.6 is 8.69 Å². The van der Waals surface area contributed by atoms with E-state index in [4.69, 9.17) is 14.6 Å². The molecular formula is C9H11AlO4P. The fourth-order valence-corrected chi connectivity index (χ4v) is 2.17. The summed E-state index contributed by atoms with van der Waals surface area (Å²) in [5.74, 6) is -0.696. The van der Waals surface area contributed by atoms with Crippen LogP contribution < -0.4 is 4.43 Å². The SMILES string of the molecule is O=C(O)C[CH2][Al][c]1ccccc1.O=PO. The molecular weight excluding hydrogens is 230 g/mol. The molecule has 0 aromatic heterocycles. The molecule has 0 aliphatic rings. The van der Waals surface area contributed by atoms with Gasteiger partial charge >= 0.3 is 14.7 Å². The van der Waals surface area contributed by atoms with Crippen molar-refractivity contribution >= 4 is 34.3 Å². The van der Waals surface area contributed by atoms with E-state index in [-0.39, 0.29) is 15.2 Å². The lowest BCUT2D eigenvalue weighted by atomic mass is 10.4. The first-order valence-corrected chi connectivity index (χ1v) is 6.43. The molecule has 6 heteroatoms. The fraction of sp³-hybridized carbons (Fsp3) is 0.222. The number of carboxylic acids is 1. The van der Waals surface area contributed by atoms with E-state index in [0.717, 1.165) is 5.28 Å². The largest absolute Gasteiger partial charge is 0.481 e. The molecule has 0 amide bonds. The predicted octanol–water partition coefficient (Wildman–Crippen LogP) is 1.09. The van der Waals surface area contributed by atoms with Crippen molar-refractivity contribution in [2.45, 2.75) is 11.7 Å². The highest BCUT2D eigenvalue weighted by Gasteiger charge is 1.99. The zero-order valence-electron chi connectivity index (χ0n) is 8.04. The van der Waals surface area contributed by atoms with Gasteiger partial charge in [-0.1, -0.05) is 35.6 Å². The van der Waals surface area contributed by atoms with Crippen LogP contribution in [0.25, 0.3) is 0 Å². The van der Waals surface area contributed by atoms with Crippen LogP contribution in [-0.4, -0.2) is 31.2 Å². The first-order chi connectivity index (χ1) is 7.20. The summed E-state index contributed by atoms with van der Waals surface area (Å²) in [7, 11) is -0.833. The maximum absolute atomic E-state index is 10.2. The average molecular weight is 241 g/mol. The van der Waals surface area contributed by atoms with Gasteiger partial charge in [-0.05, 0) is 0 Å². The summed E-state index contributed by atoms with van der Waals surface area (Å²) in [4.78, 5) is 17.2. The van der Waals surface area contributed by atoms with Gasteiger partial charge in [-0.2, -0.15) is 0 Å². The van der Waals surface area contributed by atoms with Crippen LogP contribution in [0.3, 0.4) is 0 Å². The second kappa shape index (κ2) is 9.82. The molecule has 1 rings (SSSR count). The molecule has 0 spiro atoms. The van der Waals surface area contributed by atoms with Crippen LogP contribution in [0.15, 0.2) is 30.3 Å². The maximum Gasteiger partial charge on any atom is 0.324 e. The molecule has 1 radical (unpaired) electrons. The van der Waals surface area contributed by atoms with Crippen molar-refractivity contribution in [2.75, 3.05) is 0 Å². The molecule has 0 aliphatic carbocycles. The van der Waals surface area contributed by atoms with Crippen molar-refractivity contribution in [1.82, 2.24) is 0 Å². The molecule has 79 valence electrons. The van der Waals surface area contributed by atoms with Crippen LogP contribution in [0.1, 0.15) is 6.42 Å². The Kier molecular flexibility index (Phi) is 9.35. The number of hydrogen-bond acceptors (Lipinski definition) is 2. The standard InChI is InChI=1S/C6H5.C3H5O2.Al.HO2P/c1-2-4-6-5-3-1;1-2-3(4)5;;1-3-2/h1-5H;1-2H2,(H,4,5);;(H,1,2). The second-order valence-electron chi connectivity index (χ2n) is 2.63. The van der Waals surface area contributed by atoms with Gasteiger partial charge in [-0.15, -0.1) is 4.43 Å². The predicted molar refractivity (Wildman–Crippen MR) is 58.7 cm³/mol. The van der Waals surface area contributed by atoms with Gasteiger partial charge < -0.3 is 10.00 Å². The maximum atomic E-state index is 10.2. The Morgan fingerprint density at radius 2 is 1.87 bits per heavy atom. The lowest BCUT2D eigenvalue weighted by molar-refractivity contribution is -0.136. The number of hydrogen-bond donors (Lipinski definition) is 2. The van der Waals surface area contributed by atoms with Crippen molar-refractivity contribution < 1.29 is 19.4 Å². The first-order valence-electron chi connectivity index (χ1n) is 4.27. The summed E-state index contributed by atoms with van der Waals surface area (Å²) in [6, 6.07) is 10.1. The molecule has 1 aromatic carbocycles. The van der Waals surface area contributed by atoms with Gasteiger partial charge in [-0.25, -0.2) is 4.57 Å². The van der Waals surface area contributed by atoms with Crippen molar-refractivity contribution in [1.29, 1.82) is 0 Å². The zero-order valence-corrected chi connectivity index (χ0v) is 10.1. The lowest BCUT2D eigenvalue weighted by Gasteiger charge is -1.95. The van der Waals surface area contributed by atoms with E-state index in [9.17, 15) is 4.79 Å². The summed E-state index contributed by atoms with van der Waals surface area (Å²) >= 11 is 0.141.